The average molecular weight is 558 g/mol. The van der Waals surface area contributed by atoms with Crippen LogP contribution in [0.4, 0.5) is 5.69 Å². The Labute approximate surface area is 233 Å². The third-order valence-electron chi connectivity index (χ3n) is 5.58. The van der Waals surface area contributed by atoms with Gasteiger partial charge in [0.05, 0.1) is 21.9 Å². The van der Waals surface area contributed by atoms with Gasteiger partial charge in [-0.15, -0.1) is 0 Å². The van der Waals surface area contributed by atoms with Gasteiger partial charge in [0, 0.05) is 33.8 Å². The number of non-ortho nitro benzene ring substituents is 1. The van der Waals surface area contributed by atoms with E-state index >= 15 is 0 Å². The molecule has 1 heterocycles. The van der Waals surface area contributed by atoms with Gasteiger partial charge in [0.1, 0.15) is 11.1 Å². The molecule has 1 aromatic heterocycles. The van der Waals surface area contributed by atoms with E-state index in [-0.39, 0.29) is 17.0 Å². The van der Waals surface area contributed by atoms with E-state index in [0.717, 1.165) is 34.5 Å². The summed E-state index contributed by atoms with van der Waals surface area (Å²) < 4.78 is 0. The van der Waals surface area contributed by atoms with Crippen LogP contribution >= 0.6 is 23.4 Å². The molecule has 194 valence electrons. The number of thioether (sulfide) groups is 1. The van der Waals surface area contributed by atoms with Crippen molar-refractivity contribution in [1.82, 2.24) is 15.8 Å². The molecule has 0 saturated heterocycles. The van der Waals surface area contributed by atoms with Gasteiger partial charge < -0.3 is 0 Å². The molecule has 0 bridgehead atoms. The number of nitro groups is 1. The molecule has 4 rings (SSSR count). The predicted octanol–water partition coefficient (Wildman–Crippen LogP) is 5.71. The summed E-state index contributed by atoms with van der Waals surface area (Å²) in [5.41, 5.74) is 8.56. The minimum Gasteiger partial charge on any atom is -0.272 e. The lowest BCUT2D eigenvalue weighted by molar-refractivity contribution is -0.384. The van der Waals surface area contributed by atoms with Crippen LogP contribution in [-0.2, 0) is 4.79 Å². The van der Waals surface area contributed by atoms with Crippen molar-refractivity contribution in [2.45, 2.75) is 11.9 Å². The molecule has 0 aliphatic carbocycles. The van der Waals surface area contributed by atoms with Crippen LogP contribution in [0.3, 0.4) is 0 Å². The minimum atomic E-state index is -0.709. The number of nitrogens with zero attached hydrogens (tertiary/aromatic N) is 3. The number of hydrogen-bond donors (Lipinski definition) is 2. The van der Waals surface area contributed by atoms with Crippen LogP contribution in [0.25, 0.3) is 22.4 Å². The normalized spacial score (nSPS) is 10.4. The zero-order valence-corrected chi connectivity index (χ0v) is 22.0. The summed E-state index contributed by atoms with van der Waals surface area (Å²) in [4.78, 5) is 39.9. The van der Waals surface area contributed by atoms with Gasteiger partial charge >= 0.3 is 0 Å². The molecular weight excluding hydrogens is 538 g/mol. The number of carbonyl (C=O) groups is 2. The van der Waals surface area contributed by atoms with E-state index in [1.54, 1.807) is 12.1 Å². The van der Waals surface area contributed by atoms with Gasteiger partial charge in [-0.3, -0.25) is 30.6 Å². The van der Waals surface area contributed by atoms with Crippen LogP contribution in [-0.4, -0.2) is 27.5 Å². The molecule has 2 N–H and O–H groups in total. The van der Waals surface area contributed by atoms with Crippen molar-refractivity contribution in [1.29, 1.82) is 5.26 Å². The summed E-state index contributed by atoms with van der Waals surface area (Å²) in [7, 11) is 0. The second-order valence-corrected chi connectivity index (χ2v) is 9.72. The van der Waals surface area contributed by atoms with Gasteiger partial charge in [0.15, 0.2) is 0 Å². The van der Waals surface area contributed by atoms with Gasteiger partial charge in [0.2, 0.25) is 5.91 Å². The zero-order chi connectivity index (χ0) is 27.9. The molecule has 3 aromatic carbocycles. The zero-order valence-electron chi connectivity index (χ0n) is 20.5. The predicted molar refractivity (Wildman–Crippen MR) is 149 cm³/mol. The van der Waals surface area contributed by atoms with Crippen molar-refractivity contribution in [2.24, 2.45) is 0 Å². The van der Waals surface area contributed by atoms with E-state index in [1.807, 2.05) is 49.4 Å². The Balaban J connectivity index is 1.55. The number of halogens is 1. The Morgan fingerprint density at radius 2 is 1.72 bits per heavy atom. The summed E-state index contributed by atoms with van der Waals surface area (Å²) >= 11 is 7.10. The first kappa shape index (κ1) is 27.3. The molecule has 0 radical (unpaired) electrons. The van der Waals surface area contributed by atoms with Crippen LogP contribution in [0, 0.1) is 28.4 Å². The number of nitro benzene ring substituents is 1. The van der Waals surface area contributed by atoms with Crippen molar-refractivity contribution < 1.29 is 14.5 Å². The van der Waals surface area contributed by atoms with Crippen LogP contribution in [0.5, 0.6) is 0 Å². The largest absolute Gasteiger partial charge is 0.272 e. The highest BCUT2D eigenvalue weighted by Crippen LogP contribution is 2.34. The van der Waals surface area contributed by atoms with Gasteiger partial charge in [0.25, 0.3) is 11.6 Å². The van der Waals surface area contributed by atoms with E-state index in [2.05, 4.69) is 21.9 Å². The van der Waals surface area contributed by atoms with Gasteiger partial charge in [-0.1, -0.05) is 71.4 Å². The lowest BCUT2D eigenvalue weighted by Crippen LogP contribution is -2.42. The quantitative estimate of drug-likeness (QED) is 0.168. The fraction of sp³-hybridized carbons (Fsp3) is 0.0714. The average Bonchev–Trinajstić information content (AvgIpc) is 2.95. The maximum Gasteiger partial charge on any atom is 0.270 e. The van der Waals surface area contributed by atoms with E-state index in [1.165, 1.54) is 18.2 Å². The maximum absolute atomic E-state index is 12.5. The number of aryl methyl sites for hydroxylation is 1. The lowest BCUT2D eigenvalue weighted by atomic mass is 9.99. The topological polar surface area (TPSA) is 138 Å². The maximum atomic E-state index is 12.5. The highest BCUT2D eigenvalue weighted by molar-refractivity contribution is 8.00. The summed E-state index contributed by atoms with van der Waals surface area (Å²) in [5, 5.41) is 21.9. The van der Waals surface area contributed by atoms with E-state index in [9.17, 15) is 25.0 Å². The SMILES string of the molecule is Cc1ccc(-c2cc(-c3ccc(Cl)cc3)c(C#N)c(SCC(=O)NNC(=O)c3cccc([N+](=O)[O-])c3)n2)cc1. The second-order valence-electron chi connectivity index (χ2n) is 8.32. The number of aromatic nitrogens is 1. The van der Waals surface area contributed by atoms with Crippen LogP contribution in [0.15, 0.2) is 83.9 Å². The van der Waals surface area contributed by atoms with Crippen molar-refractivity contribution in [3.05, 3.63) is 111 Å². The summed E-state index contributed by atoms with van der Waals surface area (Å²) in [6, 6.07) is 24.0. The molecule has 0 spiro atoms. The molecule has 0 atom stereocenters. The number of benzene rings is 3. The Morgan fingerprint density at radius 1 is 1.03 bits per heavy atom. The third kappa shape index (κ3) is 6.78. The molecule has 9 nitrogen and oxygen atoms in total. The molecule has 39 heavy (non-hydrogen) atoms. The monoisotopic (exact) mass is 557 g/mol. The Kier molecular flexibility index (Phi) is 8.56. The molecule has 0 aliphatic rings. The Hall–Kier alpha value is -4.72. The summed E-state index contributed by atoms with van der Waals surface area (Å²) in [6.45, 7) is 1.98. The molecule has 0 fully saturated rings. The number of hydrazine groups is 1. The third-order valence-corrected chi connectivity index (χ3v) is 6.80. The van der Waals surface area contributed by atoms with E-state index < -0.39 is 16.7 Å². The second kappa shape index (κ2) is 12.2. The Morgan fingerprint density at radius 3 is 2.38 bits per heavy atom. The molecular formula is C28H20ClN5O4S. The molecule has 0 saturated carbocycles. The van der Waals surface area contributed by atoms with Gasteiger partial charge in [-0.05, 0) is 36.8 Å². The first-order valence-electron chi connectivity index (χ1n) is 11.5. The first-order chi connectivity index (χ1) is 18.7. The number of nitriles is 1. The standard InChI is InChI=1S/C28H20ClN5O4S/c1-17-5-7-19(8-6-17)25-14-23(18-9-11-21(29)12-10-18)24(15-30)28(31-25)39-16-26(35)32-33-27(36)20-3-2-4-22(13-20)34(37)38/h2-14H,16H2,1H3,(H,32,35)(H,33,36). The number of amides is 2. The van der Waals surface area contributed by atoms with Crippen molar-refractivity contribution in [3.63, 3.8) is 0 Å². The highest BCUT2D eigenvalue weighted by Gasteiger charge is 2.18. The number of rotatable bonds is 7. The molecule has 4 aromatic rings. The number of nitrogens with one attached hydrogen (secondary N) is 2. The van der Waals surface area contributed by atoms with Crippen molar-refractivity contribution in [3.8, 4) is 28.5 Å². The van der Waals surface area contributed by atoms with Crippen LogP contribution in [0.2, 0.25) is 5.02 Å². The number of hydrogen-bond acceptors (Lipinski definition) is 7. The van der Waals surface area contributed by atoms with Gasteiger partial charge in [-0.25, -0.2) is 4.98 Å². The number of pyridine rings is 1. The van der Waals surface area contributed by atoms with Crippen LogP contribution in [0.1, 0.15) is 21.5 Å². The fourth-order valence-corrected chi connectivity index (χ4v) is 4.52. The lowest BCUT2D eigenvalue weighted by Gasteiger charge is -2.13. The number of carbonyl (C=O) groups excluding carboxylic acids is 2. The molecule has 0 unspecified atom stereocenters. The summed E-state index contributed by atoms with van der Waals surface area (Å²) in [5.74, 6) is -1.42. The van der Waals surface area contributed by atoms with Crippen molar-refractivity contribution in [2.75, 3.05) is 5.75 Å². The molecule has 11 heteroatoms. The Bertz CT molecular complexity index is 1600. The highest BCUT2D eigenvalue weighted by atomic mass is 35.5. The fourth-order valence-electron chi connectivity index (χ4n) is 3.59. The summed E-state index contributed by atoms with van der Waals surface area (Å²) in [6.07, 6.45) is 0. The van der Waals surface area contributed by atoms with Gasteiger partial charge in [-0.2, -0.15) is 5.26 Å². The van der Waals surface area contributed by atoms with Crippen LogP contribution < -0.4 is 10.9 Å². The van der Waals surface area contributed by atoms with E-state index in [4.69, 9.17) is 11.6 Å². The molecule has 2 amide bonds. The van der Waals surface area contributed by atoms with E-state index in [0.29, 0.717) is 26.9 Å². The minimum absolute atomic E-state index is 0.0176. The van der Waals surface area contributed by atoms with Crippen molar-refractivity contribution >= 4 is 40.9 Å². The first-order valence-corrected chi connectivity index (χ1v) is 12.9. The smallest absolute Gasteiger partial charge is 0.270 e. The molecule has 0 aliphatic heterocycles.